The molecule has 0 bridgehead atoms. The zero-order valence-electron chi connectivity index (χ0n) is 18.5. The molecule has 3 rings (SSSR count). The molecule has 3 N–H and O–H groups in total. The Balaban J connectivity index is 0.000000534. The van der Waals surface area contributed by atoms with Gasteiger partial charge < -0.3 is 10.2 Å². The highest BCUT2D eigenvalue weighted by Gasteiger charge is 2.22. The second-order valence-electron chi connectivity index (χ2n) is 8.21. The van der Waals surface area contributed by atoms with Crippen molar-refractivity contribution in [1.82, 2.24) is 25.0 Å². The summed E-state index contributed by atoms with van der Waals surface area (Å²) in [5.74, 6) is -3.67. The first-order chi connectivity index (χ1) is 14.9. The fourth-order valence-corrected chi connectivity index (χ4v) is 4.40. The Labute approximate surface area is 194 Å². The number of carbonyl (C=O) groups excluding carboxylic acids is 1. The average Bonchev–Trinajstić information content (AvgIpc) is 3.32. The number of carboxylic acid groups (broad SMARTS) is 2. The van der Waals surface area contributed by atoms with Crippen molar-refractivity contribution in [1.29, 1.82) is 0 Å². The number of carboxylic acids is 2. The number of thiazole rings is 1. The van der Waals surface area contributed by atoms with Crippen molar-refractivity contribution in [2.45, 2.75) is 39.7 Å². The number of hydrogen-bond acceptors (Lipinski definition) is 10. The minimum atomic E-state index is -1.82. The Bertz CT molecular complexity index is 919. The van der Waals surface area contributed by atoms with Crippen molar-refractivity contribution in [3.05, 3.63) is 21.1 Å². The van der Waals surface area contributed by atoms with Crippen LogP contribution in [0.25, 0.3) is 0 Å². The first-order valence-electron chi connectivity index (χ1n) is 9.90. The van der Waals surface area contributed by atoms with E-state index >= 15 is 0 Å². The first kappa shape index (κ1) is 25.8. The summed E-state index contributed by atoms with van der Waals surface area (Å²) in [4.78, 5) is 39.7. The summed E-state index contributed by atoms with van der Waals surface area (Å²) in [6.45, 7) is 13.4. The van der Waals surface area contributed by atoms with Crippen LogP contribution in [0.2, 0.25) is 0 Å². The van der Waals surface area contributed by atoms with Crippen LogP contribution in [0.4, 0.5) is 5.13 Å². The molecule has 0 unspecified atom stereocenters. The Morgan fingerprint density at radius 3 is 2.12 bits per heavy atom. The average molecular weight is 485 g/mol. The molecule has 1 aliphatic heterocycles. The lowest BCUT2D eigenvalue weighted by Gasteiger charge is -2.33. The lowest BCUT2D eigenvalue weighted by atomic mass is 9.93. The molecule has 0 radical (unpaired) electrons. The van der Waals surface area contributed by atoms with E-state index in [1.54, 1.807) is 11.3 Å². The van der Waals surface area contributed by atoms with Gasteiger partial charge in [0.1, 0.15) is 10.0 Å². The lowest BCUT2D eigenvalue weighted by Crippen LogP contribution is -2.48. The van der Waals surface area contributed by atoms with Gasteiger partial charge in [0, 0.05) is 37.0 Å². The number of nitrogens with one attached hydrogen (secondary N) is 1. The Kier molecular flexibility index (Phi) is 9.19. The maximum absolute atomic E-state index is 12.1. The molecule has 0 spiro atoms. The third-order valence-corrected chi connectivity index (χ3v) is 6.05. The molecule has 176 valence electrons. The predicted molar refractivity (Wildman–Crippen MR) is 121 cm³/mol. The normalized spacial score (nSPS) is 15.0. The van der Waals surface area contributed by atoms with Gasteiger partial charge >= 0.3 is 11.9 Å². The number of anilines is 1. The molecular weight excluding hydrogens is 456 g/mol. The zero-order chi connectivity index (χ0) is 23.9. The summed E-state index contributed by atoms with van der Waals surface area (Å²) in [5.41, 5.74) is 1.27. The standard InChI is InChI=1S/C17H26N6OS2.C2H2O4/c1-12-20-21-16(26-12)19-14(24)9-22-5-7-23(8-6-22)10-15-18-13(11-25-15)17(2,3)4;3-1(4)2(5)6/h11H,5-10H2,1-4H3,(H,19,21,24);(H,3,4)(H,5,6). The van der Waals surface area contributed by atoms with E-state index in [9.17, 15) is 4.79 Å². The monoisotopic (exact) mass is 484 g/mol. The number of piperazine rings is 1. The van der Waals surface area contributed by atoms with E-state index in [1.807, 2.05) is 6.92 Å². The van der Waals surface area contributed by atoms with Gasteiger partial charge in [0.2, 0.25) is 11.0 Å². The van der Waals surface area contributed by atoms with Gasteiger partial charge in [0.25, 0.3) is 0 Å². The van der Waals surface area contributed by atoms with Crippen molar-refractivity contribution in [2.75, 3.05) is 38.0 Å². The molecule has 32 heavy (non-hydrogen) atoms. The van der Waals surface area contributed by atoms with Crippen molar-refractivity contribution in [3.63, 3.8) is 0 Å². The second kappa shape index (κ2) is 11.4. The van der Waals surface area contributed by atoms with E-state index in [0.717, 1.165) is 37.7 Å². The van der Waals surface area contributed by atoms with Crippen molar-refractivity contribution < 1.29 is 24.6 Å². The molecule has 11 nitrogen and oxygen atoms in total. The number of nitrogens with zero attached hydrogens (tertiary/aromatic N) is 5. The summed E-state index contributed by atoms with van der Waals surface area (Å²) >= 11 is 3.14. The van der Waals surface area contributed by atoms with Gasteiger partial charge in [0.15, 0.2) is 0 Å². The molecule has 3 heterocycles. The van der Waals surface area contributed by atoms with Gasteiger partial charge in [-0.15, -0.1) is 21.5 Å². The minimum Gasteiger partial charge on any atom is -0.473 e. The number of carbonyl (C=O) groups is 3. The highest BCUT2D eigenvalue weighted by atomic mass is 32.1. The highest BCUT2D eigenvalue weighted by Crippen LogP contribution is 2.24. The third kappa shape index (κ3) is 8.57. The molecule has 1 fully saturated rings. The summed E-state index contributed by atoms with van der Waals surface area (Å²) in [7, 11) is 0. The van der Waals surface area contributed by atoms with E-state index in [2.05, 4.69) is 51.5 Å². The molecule has 2 aromatic rings. The van der Waals surface area contributed by atoms with Crippen LogP contribution in [0.3, 0.4) is 0 Å². The van der Waals surface area contributed by atoms with Crippen molar-refractivity contribution in [2.24, 2.45) is 0 Å². The van der Waals surface area contributed by atoms with Crippen LogP contribution in [-0.2, 0) is 26.3 Å². The van der Waals surface area contributed by atoms with Crippen molar-refractivity contribution in [3.8, 4) is 0 Å². The van der Waals surface area contributed by atoms with Crippen LogP contribution < -0.4 is 5.32 Å². The fourth-order valence-electron chi connectivity index (χ4n) is 2.73. The quantitative estimate of drug-likeness (QED) is 0.533. The van der Waals surface area contributed by atoms with Gasteiger partial charge in [0.05, 0.1) is 18.8 Å². The number of aryl methyl sites for hydroxylation is 1. The van der Waals surface area contributed by atoms with Crippen LogP contribution in [0, 0.1) is 6.92 Å². The molecule has 1 aliphatic rings. The number of aliphatic carboxylic acids is 2. The van der Waals surface area contributed by atoms with Crippen LogP contribution in [0.15, 0.2) is 5.38 Å². The van der Waals surface area contributed by atoms with Gasteiger partial charge in [-0.05, 0) is 6.92 Å². The molecule has 0 aliphatic carbocycles. The Morgan fingerprint density at radius 2 is 1.66 bits per heavy atom. The second-order valence-corrected chi connectivity index (χ2v) is 10.3. The first-order valence-corrected chi connectivity index (χ1v) is 11.6. The molecule has 0 atom stereocenters. The largest absolute Gasteiger partial charge is 0.473 e. The van der Waals surface area contributed by atoms with Crippen LogP contribution in [0.1, 0.15) is 36.5 Å². The van der Waals surface area contributed by atoms with Crippen LogP contribution >= 0.6 is 22.7 Å². The van der Waals surface area contributed by atoms with Gasteiger partial charge in [-0.2, -0.15) is 0 Å². The Morgan fingerprint density at radius 1 is 1.06 bits per heavy atom. The van der Waals surface area contributed by atoms with Gasteiger partial charge in [-0.25, -0.2) is 14.6 Å². The van der Waals surface area contributed by atoms with Crippen LogP contribution in [-0.4, -0.2) is 85.8 Å². The molecule has 1 amide bonds. The minimum absolute atomic E-state index is 0.0238. The predicted octanol–water partition coefficient (Wildman–Crippen LogP) is 1.51. The molecule has 2 aromatic heterocycles. The van der Waals surface area contributed by atoms with E-state index in [0.29, 0.717) is 11.7 Å². The zero-order valence-corrected chi connectivity index (χ0v) is 20.1. The van der Waals surface area contributed by atoms with Gasteiger partial charge in [-0.1, -0.05) is 32.1 Å². The number of amides is 1. The number of hydrogen-bond donors (Lipinski definition) is 3. The number of rotatable bonds is 5. The van der Waals surface area contributed by atoms with Crippen molar-refractivity contribution >= 4 is 45.7 Å². The van der Waals surface area contributed by atoms with E-state index in [4.69, 9.17) is 24.8 Å². The van der Waals surface area contributed by atoms with Crippen LogP contribution in [0.5, 0.6) is 0 Å². The summed E-state index contributed by atoms with van der Waals surface area (Å²) in [6, 6.07) is 0. The lowest BCUT2D eigenvalue weighted by molar-refractivity contribution is -0.159. The van der Waals surface area contributed by atoms with E-state index in [-0.39, 0.29) is 11.3 Å². The highest BCUT2D eigenvalue weighted by molar-refractivity contribution is 7.15. The van der Waals surface area contributed by atoms with E-state index < -0.39 is 11.9 Å². The Hall–Kier alpha value is -2.48. The topological polar surface area (TPSA) is 149 Å². The number of aromatic nitrogens is 3. The third-order valence-electron chi connectivity index (χ3n) is 4.47. The molecule has 13 heteroatoms. The molecule has 0 aromatic carbocycles. The maximum Gasteiger partial charge on any atom is 0.414 e. The molecule has 1 saturated heterocycles. The maximum atomic E-state index is 12.1. The summed E-state index contributed by atoms with van der Waals surface area (Å²) in [6.07, 6.45) is 0. The summed E-state index contributed by atoms with van der Waals surface area (Å²) < 4.78 is 0. The van der Waals surface area contributed by atoms with E-state index in [1.165, 1.54) is 22.0 Å². The van der Waals surface area contributed by atoms with Gasteiger partial charge in [-0.3, -0.25) is 19.9 Å². The SMILES string of the molecule is Cc1nnc(NC(=O)CN2CCN(Cc3nc(C(C)(C)C)cs3)CC2)s1.O=C(O)C(=O)O. The fraction of sp³-hybridized carbons (Fsp3) is 0.579. The smallest absolute Gasteiger partial charge is 0.414 e. The molecular formula is C19H28N6O5S2. The summed E-state index contributed by atoms with van der Waals surface area (Å²) in [5, 5.41) is 30.2. The molecule has 0 saturated carbocycles.